The molecule has 0 fully saturated rings. The second-order valence-electron chi connectivity index (χ2n) is 4.77. The molecule has 0 aromatic heterocycles. The van der Waals surface area contributed by atoms with Crippen molar-refractivity contribution >= 4 is 40.7 Å². The van der Waals surface area contributed by atoms with E-state index in [-0.39, 0.29) is 23.0 Å². The van der Waals surface area contributed by atoms with Gasteiger partial charge >= 0.3 is 0 Å². The van der Waals surface area contributed by atoms with E-state index in [9.17, 15) is 14.0 Å². The Bertz CT molecular complexity index is 751. The van der Waals surface area contributed by atoms with Crippen molar-refractivity contribution in [3.63, 3.8) is 0 Å². The third-order valence-electron chi connectivity index (χ3n) is 2.93. The number of carbonyl (C=O) groups is 2. The first-order valence-corrected chi connectivity index (χ1v) is 7.63. The van der Waals surface area contributed by atoms with Gasteiger partial charge in [-0.05, 0) is 54.2 Å². The molecule has 0 radical (unpaired) electrons. The Labute approximate surface area is 148 Å². The predicted octanol–water partition coefficient (Wildman–Crippen LogP) is 2.36. The van der Waals surface area contributed by atoms with E-state index in [1.807, 2.05) is 0 Å². The fraction of sp³-hybridized carbons (Fsp3) is 0.0625. The van der Waals surface area contributed by atoms with Crippen molar-refractivity contribution < 1.29 is 14.0 Å². The summed E-state index contributed by atoms with van der Waals surface area (Å²) >= 11 is 10.7. The van der Waals surface area contributed by atoms with Crippen LogP contribution in [0.5, 0.6) is 0 Å². The lowest BCUT2D eigenvalue weighted by Gasteiger charge is -2.11. The summed E-state index contributed by atoms with van der Waals surface area (Å²) in [7, 11) is 0. The van der Waals surface area contributed by atoms with Gasteiger partial charge in [0.15, 0.2) is 5.11 Å². The first-order chi connectivity index (χ1) is 11.4. The van der Waals surface area contributed by atoms with E-state index in [1.165, 1.54) is 24.3 Å². The Balaban J connectivity index is 1.78. The minimum atomic E-state index is -0.514. The highest BCUT2D eigenvalue weighted by Crippen LogP contribution is 2.09. The fourth-order valence-corrected chi connectivity index (χ4v) is 2.04. The molecule has 8 heteroatoms. The molecule has 2 amide bonds. The lowest BCUT2D eigenvalue weighted by atomic mass is 10.1. The van der Waals surface area contributed by atoms with E-state index in [4.69, 9.17) is 23.8 Å². The Morgan fingerprint density at radius 1 is 1.00 bits per heavy atom. The van der Waals surface area contributed by atoms with E-state index < -0.39 is 11.7 Å². The van der Waals surface area contributed by atoms with Crippen LogP contribution >= 0.6 is 23.8 Å². The second kappa shape index (κ2) is 8.37. The highest BCUT2D eigenvalue weighted by molar-refractivity contribution is 7.80. The highest BCUT2D eigenvalue weighted by Gasteiger charge is 2.09. The van der Waals surface area contributed by atoms with Crippen LogP contribution in [0.3, 0.4) is 0 Å². The first-order valence-electron chi connectivity index (χ1n) is 6.84. The van der Waals surface area contributed by atoms with Crippen molar-refractivity contribution in [3.05, 3.63) is 70.5 Å². The van der Waals surface area contributed by atoms with Crippen molar-refractivity contribution in [3.8, 4) is 0 Å². The smallest absolute Gasteiger partial charge is 0.257 e. The molecule has 0 atom stereocenters. The Morgan fingerprint density at radius 2 is 1.62 bits per heavy atom. The summed E-state index contributed by atoms with van der Waals surface area (Å²) < 4.78 is 12.8. The largest absolute Gasteiger partial charge is 0.298 e. The summed E-state index contributed by atoms with van der Waals surface area (Å²) in [6.45, 7) is 0. The lowest BCUT2D eigenvalue weighted by molar-refractivity contribution is -0.121. The summed E-state index contributed by atoms with van der Waals surface area (Å²) in [5.74, 6) is -1.29. The molecular formula is C16H13ClFN3O2S. The molecule has 0 unspecified atom stereocenters. The maximum atomic E-state index is 12.8. The van der Waals surface area contributed by atoms with Crippen LogP contribution in [0.15, 0.2) is 48.5 Å². The van der Waals surface area contributed by atoms with E-state index in [0.29, 0.717) is 5.02 Å². The fourth-order valence-electron chi connectivity index (χ4n) is 1.77. The van der Waals surface area contributed by atoms with Gasteiger partial charge in [0.1, 0.15) is 5.82 Å². The standard InChI is InChI=1S/C16H13ClFN3O2S/c17-12-5-1-10(2-6-12)9-14(22)20-21-16(24)19-15(23)11-3-7-13(18)8-4-11/h1-8H,9H2,(H,20,22)(H2,19,21,23,24). The van der Waals surface area contributed by atoms with Crippen molar-refractivity contribution in [2.75, 3.05) is 0 Å². The predicted molar refractivity (Wildman–Crippen MR) is 92.9 cm³/mol. The normalized spacial score (nSPS) is 9.92. The van der Waals surface area contributed by atoms with Crippen LogP contribution in [-0.2, 0) is 11.2 Å². The molecule has 0 saturated carbocycles. The molecule has 2 aromatic carbocycles. The number of carbonyl (C=O) groups excluding carboxylic acids is 2. The summed E-state index contributed by atoms with van der Waals surface area (Å²) in [5, 5.41) is 2.88. The zero-order valence-corrected chi connectivity index (χ0v) is 13.9. The van der Waals surface area contributed by atoms with Crippen LogP contribution in [0.1, 0.15) is 15.9 Å². The Hall–Kier alpha value is -2.51. The number of amides is 2. The Kier molecular flexibility index (Phi) is 6.22. The van der Waals surface area contributed by atoms with Crippen molar-refractivity contribution in [2.24, 2.45) is 0 Å². The summed E-state index contributed by atoms with van der Waals surface area (Å²) in [6, 6.07) is 11.8. The molecule has 0 aliphatic rings. The zero-order chi connectivity index (χ0) is 17.5. The van der Waals surface area contributed by atoms with Crippen LogP contribution < -0.4 is 16.2 Å². The minimum Gasteiger partial charge on any atom is -0.298 e. The molecule has 2 rings (SSSR count). The molecule has 0 spiro atoms. The van der Waals surface area contributed by atoms with Gasteiger partial charge in [0, 0.05) is 10.6 Å². The zero-order valence-electron chi connectivity index (χ0n) is 12.3. The number of hydrogen-bond acceptors (Lipinski definition) is 3. The van der Waals surface area contributed by atoms with Crippen LogP contribution in [0, 0.1) is 5.82 Å². The number of halogens is 2. The van der Waals surface area contributed by atoms with Gasteiger partial charge in [0.25, 0.3) is 5.91 Å². The number of benzene rings is 2. The average molecular weight is 366 g/mol. The molecule has 124 valence electrons. The maximum absolute atomic E-state index is 12.8. The van der Waals surface area contributed by atoms with Gasteiger partial charge in [-0.3, -0.25) is 25.8 Å². The molecule has 3 N–H and O–H groups in total. The van der Waals surface area contributed by atoms with Crippen molar-refractivity contribution in [1.82, 2.24) is 16.2 Å². The maximum Gasteiger partial charge on any atom is 0.257 e. The highest BCUT2D eigenvalue weighted by atomic mass is 35.5. The van der Waals surface area contributed by atoms with E-state index in [2.05, 4.69) is 16.2 Å². The lowest BCUT2D eigenvalue weighted by Crippen LogP contribution is -2.48. The number of nitrogens with one attached hydrogen (secondary N) is 3. The molecule has 0 heterocycles. The van der Waals surface area contributed by atoms with E-state index in [0.717, 1.165) is 5.56 Å². The van der Waals surface area contributed by atoms with Gasteiger partial charge in [-0.25, -0.2) is 4.39 Å². The van der Waals surface area contributed by atoms with E-state index >= 15 is 0 Å². The van der Waals surface area contributed by atoms with Gasteiger partial charge in [-0.2, -0.15) is 0 Å². The Morgan fingerprint density at radius 3 is 2.25 bits per heavy atom. The van der Waals surface area contributed by atoms with Gasteiger partial charge < -0.3 is 0 Å². The summed E-state index contributed by atoms with van der Waals surface area (Å²) in [5.41, 5.74) is 5.82. The quantitative estimate of drug-likeness (QED) is 0.577. The van der Waals surface area contributed by atoms with Gasteiger partial charge in [-0.1, -0.05) is 23.7 Å². The first kappa shape index (κ1) is 17.8. The summed E-state index contributed by atoms with van der Waals surface area (Å²) in [4.78, 5) is 23.6. The third kappa shape index (κ3) is 5.60. The third-order valence-corrected chi connectivity index (χ3v) is 3.38. The monoisotopic (exact) mass is 365 g/mol. The molecule has 5 nitrogen and oxygen atoms in total. The number of rotatable bonds is 3. The molecule has 0 bridgehead atoms. The summed E-state index contributed by atoms with van der Waals surface area (Å²) in [6.07, 6.45) is 0.124. The SMILES string of the molecule is O=C(Cc1ccc(Cl)cc1)NNC(=S)NC(=O)c1ccc(F)cc1. The molecule has 0 aliphatic heterocycles. The van der Waals surface area contributed by atoms with E-state index in [1.54, 1.807) is 24.3 Å². The molecular weight excluding hydrogens is 353 g/mol. The van der Waals surface area contributed by atoms with Crippen LogP contribution in [0.4, 0.5) is 4.39 Å². The van der Waals surface area contributed by atoms with Crippen LogP contribution in [0.2, 0.25) is 5.02 Å². The number of thiocarbonyl (C=S) groups is 1. The van der Waals surface area contributed by atoms with Crippen molar-refractivity contribution in [1.29, 1.82) is 0 Å². The number of hydrazine groups is 1. The van der Waals surface area contributed by atoms with Crippen LogP contribution in [-0.4, -0.2) is 16.9 Å². The molecule has 0 saturated heterocycles. The van der Waals surface area contributed by atoms with Gasteiger partial charge in [-0.15, -0.1) is 0 Å². The van der Waals surface area contributed by atoms with Crippen LogP contribution in [0.25, 0.3) is 0 Å². The molecule has 2 aromatic rings. The second-order valence-corrected chi connectivity index (χ2v) is 5.61. The topological polar surface area (TPSA) is 70.2 Å². The van der Waals surface area contributed by atoms with Gasteiger partial charge in [0.05, 0.1) is 6.42 Å². The molecule has 24 heavy (non-hydrogen) atoms. The molecule has 0 aliphatic carbocycles. The average Bonchev–Trinajstić information content (AvgIpc) is 2.55. The number of hydrogen-bond donors (Lipinski definition) is 3. The van der Waals surface area contributed by atoms with Gasteiger partial charge in [0.2, 0.25) is 5.91 Å². The van der Waals surface area contributed by atoms with Crippen molar-refractivity contribution in [2.45, 2.75) is 6.42 Å². The minimum absolute atomic E-state index is 0.0752.